The van der Waals surface area contributed by atoms with E-state index < -0.39 is 12.7 Å². The monoisotopic (exact) mass is 321 g/mol. The first-order valence-electron chi connectivity index (χ1n) is 7.16. The molecule has 0 aliphatic heterocycles. The Bertz CT molecular complexity index is 617. The summed E-state index contributed by atoms with van der Waals surface area (Å²) in [4.78, 5) is 12.2. The van der Waals surface area contributed by atoms with Gasteiger partial charge in [-0.1, -0.05) is 25.1 Å². The van der Waals surface area contributed by atoms with Crippen molar-refractivity contribution >= 4 is 11.6 Å². The first-order chi connectivity index (χ1) is 11.1. The molecule has 1 N–H and O–H groups in total. The smallest absolute Gasteiger partial charge is 0.387 e. The molecule has 0 radical (unpaired) electrons. The third kappa shape index (κ3) is 5.25. The fourth-order valence-electron chi connectivity index (χ4n) is 1.93. The van der Waals surface area contributed by atoms with E-state index in [2.05, 4.69) is 10.1 Å². The molecule has 4 nitrogen and oxygen atoms in total. The van der Waals surface area contributed by atoms with Crippen molar-refractivity contribution < 1.29 is 23.0 Å². The highest BCUT2D eigenvalue weighted by atomic mass is 19.3. The fraction of sp³-hybridized carbons (Fsp3) is 0.235. The predicted octanol–water partition coefficient (Wildman–Crippen LogP) is 4.08. The molecule has 2 aromatic rings. The summed E-state index contributed by atoms with van der Waals surface area (Å²) in [6, 6.07) is 14.7. The molecule has 0 fully saturated rings. The molecule has 0 spiro atoms. The molecule has 6 heteroatoms. The van der Waals surface area contributed by atoms with Crippen LogP contribution in [0.25, 0.3) is 0 Å². The Balaban J connectivity index is 1.96. The zero-order valence-corrected chi connectivity index (χ0v) is 12.5. The van der Waals surface area contributed by atoms with Gasteiger partial charge < -0.3 is 14.8 Å². The lowest BCUT2D eigenvalue weighted by Crippen LogP contribution is -2.32. The van der Waals surface area contributed by atoms with Crippen LogP contribution in [0.4, 0.5) is 14.5 Å². The van der Waals surface area contributed by atoms with Crippen molar-refractivity contribution in [2.75, 3.05) is 5.32 Å². The second kappa shape index (κ2) is 8.12. The molecule has 0 aromatic heterocycles. The van der Waals surface area contributed by atoms with Crippen LogP contribution in [0.5, 0.6) is 11.5 Å². The number of rotatable bonds is 7. The van der Waals surface area contributed by atoms with Crippen LogP contribution in [0, 0.1) is 0 Å². The van der Waals surface area contributed by atoms with Gasteiger partial charge in [0.15, 0.2) is 6.10 Å². The predicted molar refractivity (Wildman–Crippen MR) is 82.9 cm³/mol. The molecule has 1 amide bonds. The number of alkyl halides is 2. The summed E-state index contributed by atoms with van der Waals surface area (Å²) >= 11 is 0. The molecule has 1 atom stereocenters. The number of amides is 1. The average molecular weight is 321 g/mol. The van der Waals surface area contributed by atoms with Gasteiger partial charge in [-0.05, 0) is 42.8 Å². The van der Waals surface area contributed by atoms with E-state index in [9.17, 15) is 13.6 Å². The molecule has 0 saturated heterocycles. The van der Waals surface area contributed by atoms with Gasteiger partial charge in [0.2, 0.25) is 0 Å². The van der Waals surface area contributed by atoms with Gasteiger partial charge in [-0.25, -0.2) is 0 Å². The first kappa shape index (κ1) is 16.7. The second-order valence-corrected chi connectivity index (χ2v) is 4.72. The van der Waals surface area contributed by atoms with Crippen LogP contribution in [-0.2, 0) is 4.79 Å². The van der Waals surface area contributed by atoms with Crippen LogP contribution in [0.15, 0.2) is 54.6 Å². The third-order valence-electron chi connectivity index (χ3n) is 3.03. The van der Waals surface area contributed by atoms with Gasteiger partial charge in [-0.3, -0.25) is 4.79 Å². The van der Waals surface area contributed by atoms with Crippen molar-refractivity contribution in [1.29, 1.82) is 0 Å². The van der Waals surface area contributed by atoms with Gasteiger partial charge in [0, 0.05) is 5.69 Å². The molecular weight excluding hydrogens is 304 g/mol. The third-order valence-corrected chi connectivity index (χ3v) is 3.03. The lowest BCUT2D eigenvalue weighted by atomic mass is 10.2. The number of halogens is 2. The summed E-state index contributed by atoms with van der Waals surface area (Å²) < 4.78 is 34.1. The Morgan fingerprint density at radius 2 is 1.61 bits per heavy atom. The van der Waals surface area contributed by atoms with Crippen molar-refractivity contribution in [3.8, 4) is 11.5 Å². The van der Waals surface area contributed by atoms with Crippen molar-refractivity contribution in [3.05, 3.63) is 54.6 Å². The molecule has 122 valence electrons. The number of nitrogens with one attached hydrogen (secondary N) is 1. The number of hydrogen-bond donors (Lipinski definition) is 1. The standard InChI is InChI=1S/C17H17F2NO3/c1-2-15(22-13-6-4-3-5-7-13)16(21)20-12-8-10-14(11-9-12)23-17(18)19/h3-11,15,17H,2H2,1H3,(H,20,21)/t15-/m0/s1. The Morgan fingerprint density at radius 3 is 2.17 bits per heavy atom. The molecule has 0 aliphatic rings. The summed E-state index contributed by atoms with van der Waals surface area (Å²) in [5.74, 6) is 0.333. The fourth-order valence-corrected chi connectivity index (χ4v) is 1.93. The maximum absolute atomic E-state index is 12.2. The lowest BCUT2D eigenvalue weighted by Gasteiger charge is -2.17. The largest absolute Gasteiger partial charge is 0.481 e. The van der Waals surface area contributed by atoms with E-state index >= 15 is 0 Å². The molecule has 0 aliphatic carbocycles. The molecule has 0 saturated carbocycles. The number of anilines is 1. The summed E-state index contributed by atoms with van der Waals surface area (Å²) in [7, 11) is 0. The number of ether oxygens (including phenoxy) is 2. The highest BCUT2D eigenvalue weighted by molar-refractivity contribution is 5.94. The quantitative estimate of drug-likeness (QED) is 0.836. The number of hydrogen-bond acceptors (Lipinski definition) is 3. The van der Waals surface area contributed by atoms with Crippen LogP contribution in [0.3, 0.4) is 0 Å². The zero-order valence-electron chi connectivity index (χ0n) is 12.5. The zero-order chi connectivity index (χ0) is 16.7. The molecule has 2 aromatic carbocycles. The summed E-state index contributed by atoms with van der Waals surface area (Å²) in [6.45, 7) is -1.04. The van der Waals surface area contributed by atoms with E-state index in [-0.39, 0.29) is 11.7 Å². The van der Waals surface area contributed by atoms with E-state index in [1.807, 2.05) is 25.1 Å². The maximum Gasteiger partial charge on any atom is 0.387 e. The SMILES string of the molecule is CC[C@H](Oc1ccccc1)C(=O)Nc1ccc(OC(F)F)cc1. The van der Waals surface area contributed by atoms with Gasteiger partial charge in [-0.15, -0.1) is 0 Å². The first-order valence-corrected chi connectivity index (χ1v) is 7.16. The van der Waals surface area contributed by atoms with E-state index in [1.165, 1.54) is 24.3 Å². The number of benzene rings is 2. The van der Waals surface area contributed by atoms with Gasteiger partial charge >= 0.3 is 6.61 Å². The van der Waals surface area contributed by atoms with Gasteiger partial charge in [-0.2, -0.15) is 8.78 Å². The van der Waals surface area contributed by atoms with Crippen LogP contribution in [0.1, 0.15) is 13.3 Å². The van der Waals surface area contributed by atoms with E-state index in [1.54, 1.807) is 12.1 Å². The van der Waals surface area contributed by atoms with Crippen LogP contribution in [0.2, 0.25) is 0 Å². The highest BCUT2D eigenvalue weighted by Gasteiger charge is 2.18. The second-order valence-electron chi connectivity index (χ2n) is 4.72. The minimum Gasteiger partial charge on any atom is -0.481 e. The van der Waals surface area contributed by atoms with Crippen LogP contribution >= 0.6 is 0 Å². The highest BCUT2D eigenvalue weighted by Crippen LogP contribution is 2.19. The Kier molecular flexibility index (Phi) is 5.91. The maximum atomic E-state index is 12.2. The minimum atomic E-state index is -2.88. The molecule has 0 unspecified atom stereocenters. The van der Waals surface area contributed by atoms with Crippen molar-refractivity contribution in [1.82, 2.24) is 0 Å². The Morgan fingerprint density at radius 1 is 1.00 bits per heavy atom. The van der Waals surface area contributed by atoms with Crippen molar-refractivity contribution in [2.24, 2.45) is 0 Å². The number of carbonyl (C=O) groups excluding carboxylic acids is 1. The van der Waals surface area contributed by atoms with Gasteiger partial charge in [0.1, 0.15) is 11.5 Å². The van der Waals surface area contributed by atoms with E-state index in [0.29, 0.717) is 17.9 Å². The Labute approximate surface area is 133 Å². The van der Waals surface area contributed by atoms with E-state index in [0.717, 1.165) is 0 Å². The molecule has 0 heterocycles. The van der Waals surface area contributed by atoms with E-state index in [4.69, 9.17) is 4.74 Å². The molecular formula is C17H17F2NO3. The minimum absolute atomic E-state index is 0.0329. The van der Waals surface area contributed by atoms with Crippen molar-refractivity contribution in [3.63, 3.8) is 0 Å². The average Bonchev–Trinajstić information content (AvgIpc) is 2.55. The lowest BCUT2D eigenvalue weighted by molar-refractivity contribution is -0.122. The van der Waals surface area contributed by atoms with Crippen LogP contribution < -0.4 is 14.8 Å². The number of para-hydroxylation sites is 1. The normalized spacial score (nSPS) is 11.8. The Hall–Kier alpha value is -2.63. The summed E-state index contributed by atoms with van der Waals surface area (Å²) in [6.07, 6.45) is -0.151. The topological polar surface area (TPSA) is 47.6 Å². The molecule has 23 heavy (non-hydrogen) atoms. The van der Waals surface area contributed by atoms with Crippen molar-refractivity contribution in [2.45, 2.75) is 26.1 Å². The summed E-state index contributed by atoms with van der Waals surface area (Å²) in [5, 5.41) is 2.69. The summed E-state index contributed by atoms with van der Waals surface area (Å²) in [5.41, 5.74) is 0.478. The molecule has 0 bridgehead atoms. The van der Waals surface area contributed by atoms with Gasteiger partial charge in [0.25, 0.3) is 5.91 Å². The molecule has 2 rings (SSSR count). The van der Waals surface area contributed by atoms with Crippen LogP contribution in [-0.4, -0.2) is 18.6 Å². The number of carbonyl (C=O) groups is 1. The van der Waals surface area contributed by atoms with Gasteiger partial charge in [0.05, 0.1) is 0 Å².